The molecule has 7 heteroatoms. The number of para-hydroxylation sites is 1. The summed E-state index contributed by atoms with van der Waals surface area (Å²) in [4.78, 5) is 23.7. The third-order valence-electron chi connectivity index (χ3n) is 4.63. The first kappa shape index (κ1) is 18.9. The summed E-state index contributed by atoms with van der Waals surface area (Å²) >= 11 is 12.4. The Balaban J connectivity index is 1.89. The molecule has 1 fully saturated rings. The van der Waals surface area contributed by atoms with Gasteiger partial charge in [-0.25, -0.2) is 9.97 Å². The standard InChI is InChI=1S/C19H22Cl2N4O/c1-3-13-7-4-5-10-25(13)18(26)16-11-12(2)22-19(23-16)24-17-14(20)8-6-9-15(17)21/h6,8-9,11,13H,3-5,7,10H2,1-2H3,(H,22,23,24). The number of likely N-dealkylation sites (tertiary alicyclic amines) is 1. The SMILES string of the molecule is CCC1CCCCN1C(=O)c1cc(C)nc(Nc2c(Cl)cccc2Cl)n1. The van der Waals surface area contributed by atoms with Gasteiger partial charge in [-0.2, -0.15) is 0 Å². The third kappa shape index (κ3) is 4.10. The second-order valence-corrected chi connectivity index (χ2v) is 7.31. The average Bonchev–Trinajstić information content (AvgIpc) is 2.64. The van der Waals surface area contributed by atoms with Crippen LogP contribution in [0.25, 0.3) is 0 Å². The van der Waals surface area contributed by atoms with Crippen LogP contribution >= 0.6 is 23.2 Å². The molecule has 1 saturated heterocycles. The Kier molecular flexibility index (Phi) is 5.99. The second kappa shape index (κ2) is 8.23. The van der Waals surface area contributed by atoms with E-state index in [1.807, 2.05) is 11.8 Å². The van der Waals surface area contributed by atoms with E-state index < -0.39 is 0 Å². The topological polar surface area (TPSA) is 58.1 Å². The molecule has 0 spiro atoms. The van der Waals surface area contributed by atoms with E-state index in [-0.39, 0.29) is 11.9 Å². The fourth-order valence-corrected chi connectivity index (χ4v) is 3.79. The van der Waals surface area contributed by atoms with Crippen molar-refractivity contribution >= 4 is 40.7 Å². The van der Waals surface area contributed by atoms with Crippen LogP contribution in [0.1, 0.15) is 48.8 Å². The zero-order valence-electron chi connectivity index (χ0n) is 14.9. The predicted octanol–water partition coefficient (Wildman–Crippen LogP) is 5.24. The van der Waals surface area contributed by atoms with Gasteiger partial charge in [-0.15, -0.1) is 0 Å². The number of nitrogens with one attached hydrogen (secondary N) is 1. The number of carbonyl (C=O) groups is 1. The van der Waals surface area contributed by atoms with Gasteiger partial charge in [-0.3, -0.25) is 4.79 Å². The molecule has 1 unspecified atom stereocenters. The van der Waals surface area contributed by atoms with Crippen molar-refractivity contribution in [1.29, 1.82) is 0 Å². The fraction of sp³-hybridized carbons (Fsp3) is 0.421. The molecule has 1 aliphatic rings. The molecular formula is C19H22Cl2N4O. The van der Waals surface area contributed by atoms with Crippen LogP contribution in [0.5, 0.6) is 0 Å². The van der Waals surface area contributed by atoms with Crippen molar-refractivity contribution in [3.8, 4) is 0 Å². The van der Waals surface area contributed by atoms with Crippen LogP contribution in [0, 0.1) is 6.92 Å². The summed E-state index contributed by atoms with van der Waals surface area (Å²) in [7, 11) is 0. The number of nitrogens with zero attached hydrogens (tertiary/aromatic N) is 3. The van der Waals surface area contributed by atoms with Crippen LogP contribution in [-0.2, 0) is 0 Å². The monoisotopic (exact) mass is 392 g/mol. The van der Waals surface area contributed by atoms with Crippen molar-refractivity contribution in [3.63, 3.8) is 0 Å². The molecular weight excluding hydrogens is 371 g/mol. The van der Waals surface area contributed by atoms with Crippen molar-refractivity contribution in [3.05, 3.63) is 45.7 Å². The number of benzene rings is 1. The van der Waals surface area contributed by atoms with E-state index in [4.69, 9.17) is 23.2 Å². The highest BCUT2D eigenvalue weighted by Gasteiger charge is 2.27. The van der Waals surface area contributed by atoms with E-state index in [9.17, 15) is 4.79 Å². The molecule has 26 heavy (non-hydrogen) atoms. The second-order valence-electron chi connectivity index (χ2n) is 6.50. The lowest BCUT2D eigenvalue weighted by molar-refractivity contribution is 0.0602. The maximum Gasteiger partial charge on any atom is 0.272 e. The van der Waals surface area contributed by atoms with Crippen molar-refractivity contribution < 1.29 is 4.79 Å². The first-order chi connectivity index (χ1) is 12.5. The lowest BCUT2D eigenvalue weighted by Gasteiger charge is -2.35. The molecule has 2 aromatic rings. The Morgan fingerprint density at radius 1 is 1.27 bits per heavy atom. The molecule has 1 N–H and O–H groups in total. The fourth-order valence-electron chi connectivity index (χ4n) is 3.30. The summed E-state index contributed by atoms with van der Waals surface area (Å²) < 4.78 is 0. The van der Waals surface area contributed by atoms with Gasteiger partial charge >= 0.3 is 0 Å². The Morgan fingerprint density at radius 2 is 2.00 bits per heavy atom. The number of amides is 1. The van der Waals surface area contributed by atoms with E-state index in [0.29, 0.717) is 33.1 Å². The number of hydrogen-bond donors (Lipinski definition) is 1. The van der Waals surface area contributed by atoms with Gasteiger partial charge in [-0.1, -0.05) is 36.2 Å². The molecule has 0 saturated carbocycles. The van der Waals surface area contributed by atoms with Crippen LogP contribution in [-0.4, -0.2) is 33.4 Å². The van der Waals surface area contributed by atoms with E-state index >= 15 is 0 Å². The minimum atomic E-state index is -0.0460. The molecule has 3 rings (SSSR count). The molecule has 1 amide bonds. The van der Waals surface area contributed by atoms with Gasteiger partial charge in [0.1, 0.15) is 5.69 Å². The van der Waals surface area contributed by atoms with Crippen molar-refractivity contribution in [2.45, 2.75) is 45.6 Å². The predicted molar refractivity (Wildman–Crippen MR) is 105 cm³/mol. The molecule has 1 atom stereocenters. The van der Waals surface area contributed by atoms with Crippen LogP contribution in [0.4, 0.5) is 11.6 Å². The quantitative estimate of drug-likeness (QED) is 0.772. The minimum Gasteiger partial charge on any atom is -0.334 e. The zero-order valence-corrected chi connectivity index (χ0v) is 16.4. The van der Waals surface area contributed by atoms with Crippen LogP contribution < -0.4 is 5.32 Å². The third-order valence-corrected chi connectivity index (χ3v) is 5.26. The molecule has 1 aliphatic heterocycles. The maximum absolute atomic E-state index is 13.0. The van der Waals surface area contributed by atoms with Gasteiger partial charge < -0.3 is 10.2 Å². The number of rotatable bonds is 4. The van der Waals surface area contributed by atoms with Crippen LogP contribution in [0.2, 0.25) is 10.0 Å². The molecule has 1 aromatic heterocycles. The lowest BCUT2D eigenvalue weighted by atomic mass is 9.99. The number of carbonyl (C=O) groups excluding carboxylic acids is 1. The Morgan fingerprint density at radius 3 is 2.69 bits per heavy atom. The summed E-state index contributed by atoms with van der Waals surface area (Å²) in [6, 6.07) is 7.24. The van der Waals surface area contributed by atoms with Crippen molar-refractivity contribution in [2.24, 2.45) is 0 Å². The summed E-state index contributed by atoms with van der Waals surface area (Å²) in [6.45, 7) is 4.73. The minimum absolute atomic E-state index is 0.0460. The van der Waals surface area contributed by atoms with E-state index in [1.165, 1.54) is 6.42 Å². The zero-order chi connectivity index (χ0) is 18.7. The average molecular weight is 393 g/mol. The van der Waals surface area contributed by atoms with Crippen molar-refractivity contribution in [1.82, 2.24) is 14.9 Å². The number of piperidine rings is 1. The highest BCUT2D eigenvalue weighted by atomic mass is 35.5. The van der Waals surface area contributed by atoms with Gasteiger partial charge in [-0.05, 0) is 50.8 Å². The van der Waals surface area contributed by atoms with Gasteiger partial charge in [0, 0.05) is 18.3 Å². The number of aromatic nitrogens is 2. The van der Waals surface area contributed by atoms with Gasteiger partial charge in [0.2, 0.25) is 5.95 Å². The summed E-state index contributed by atoms with van der Waals surface area (Å²) in [5, 5.41) is 3.99. The Labute approximate surface area is 163 Å². The lowest BCUT2D eigenvalue weighted by Crippen LogP contribution is -2.43. The first-order valence-corrected chi connectivity index (χ1v) is 9.63. The van der Waals surface area contributed by atoms with E-state index in [0.717, 1.165) is 25.8 Å². The van der Waals surface area contributed by atoms with E-state index in [1.54, 1.807) is 24.3 Å². The van der Waals surface area contributed by atoms with Crippen molar-refractivity contribution in [2.75, 3.05) is 11.9 Å². The molecule has 1 aromatic carbocycles. The number of hydrogen-bond acceptors (Lipinski definition) is 4. The molecule has 138 valence electrons. The van der Waals surface area contributed by atoms with Gasteiger partial charge in [0.15, 0.2) is 0 Å². The van der Waals surface area contributed by atoms with Crippen LogP contribution in [0.3, 0.4) is 0 Å². The number of aryl methyl sites for hydroxylation is 1. The molecule has 0 radical (unpaired) electrons. The summed E-state index contributed by atoms with van der Waals surface area (Å²) in [5.41, 5.74) is 1.63. The molecule has 5 nitrogen and oxygen atoms in total. The first-order valence-electron chi connectivity index (χ1n) is 8.87. The highest BCUT2D eigenvalue weighted by Crippen LogP contribution is 2.32. The summed E-state index contributed by atoms with van der Waals surface area (Å²) in [5.74, 6) is 0.267. The molecule has 0 aliphatic carbocycles. The Hall–Kier alpha value is -1.85. The van der Waals surface area contributed by atoms with Gasteiger partial charge in [0.05, 0.1) is 15.7 Å². The summed E-state index contributed by atoms with van der Waals surface area (Å²) in [6.07, 6.45) is 4.21. The van der Waals surface area contributed by atoms with Crippen LogP contribution in [0.15, 0.2) is 24.3 Å². The van der Waals surface area contributed by atoms with E-state index in [2.05, 4.69) is 22.2 Å². The normalized spacial score (nSPS) is 17.2. The molecule has 2 heterocycles. The largest absolute Gasteiger partial charge is 0.334 e. The number of halogens is 2. The molecule has 0 bridgehead atoms. The highest BCUT2D eigenvalue weighted by molar-refractivity contribution is 6.39. The smallest absolute Gasteiger partial charge is 0.272 e. The van der Waals surface area contributed by atoms with Gasteiger partial charge in [0.25, 0.3) is 5.91 Å². The number of anilines is 2. The Bertz CT molecular complexity index is 792. The maximum atomic E-state index is 13.0.